The van der Waals surface area contributed by atoms with E-state index in [-0.39, 0.29) is 17.4 Å². The molecule has 0 aromatic carbocycles. The van der Waals surface area contributed by atoms with Gasteiger partial charge in [0.25, 0.3) is 0 Å². The van der Waals surface area contributed by atoms with Crippen molar-refractivity contribution >= 4 is 5.84 Å². The summed E-state index contributed by atoms with van der Waals surface area (Å²) < 4.78 is 0. The van der Waals surface area contributed by atoms with Crippen LogP contribution >= 0.6 is 0 Å². The Morgan fingerprint density at radius 3 is 2.59 bits per heavy atom. The molecule has 0 heterocycles. The second-order valence-corrected chi connectivity index (χ2v) is 6.01. The molecule has 0 aromatic rings. The first kappa shape index (κ1) is 14.3. The number of aliphatic hydroxyl groups excluding tert-OH is 1. The SMILES string of the molecule is CC(C)(CCO)CNCC1(CC(N)=NO)CC1. The van der Waals surface area contributed by atoms with Crippen LogP contribution in [0.25, 0.3) is 0 Å². The van der Waals surface area contributed by atoms with E-state index in [1.165, 1.54) is 0 Å². The molecule has 5 N–H and O–H groups in total. The number of oxime groups is 1. The number of nitrogens with one attached hydrogen (secondary N) is 1. The van der Waals surface area contributed by atoms with Crippen LogP contribution in [0.15, 0.2) is 5.16 Å². The summed E-state index contributed by atoms with van der Waals surface area (Å²) in [6.07, 6.45) is 3.73. The Hall–Kier alpha value is -0.810. The van der Waals surface area contributed by atoms with E-state index in [9.17, 15) is 0 Å². The maximum Gasteiger partial charge on any atom is 0.139 e. The summed E-state index contributed by atoms with van der Waals surface area (Å²) in [6, 6.07) is 0. The van der Waals surface area contributed by atoms with Gasteiger partial charge in [-0.3, -0.25) is 0 Å². The van der Waals surface area contributed by atoms with Crippen molar-refractivity contribution in [2.75, 3.05) is 19.7 Å². The van der Waals surface area contributed by atoms with Crippen LogP contribution in [0.5, 0.6) is 0 Å². The van der Waals surface area contributed by atoms with Crippen molar-refractivity contribution in [3.63, 3.8) is 0 Å². The van der Waals surface area contributed by atoms with Crippen LogP contribution in [0.4, 0.5) is 0 Å². The van der Waals surface area contributed by atoms with E-state index in [0.29, 0.717) is 12.3 Å². The van der Waals surface area contributed by atoms with Gasteiger partial charge in [0.2, 0.25) is 0 Å². The normalized spacial score (nSPS) is 19.4. The van der Waals surface area contributed by atoms with Gasteiger partial charge in [-0.1, -0.05) is 19.0 Å². The summed E-state index contributed by atoms with van der Waals surface area (Å²) in [7, 11) is 0. The van der Waals surface area contributed by atoms with Crippen LogP contribution in [0.2, 0.25) is 0 Å². The van der Waals surface area contributed by atoms with Crippen molar-refractivity contribution in [3.8, 4) is 0 Å². The number of aliphatic hydroxyl groups is 1. The van der Waals surface area contributed by atoms with Crippen LogP contribution in [0.3, 0.4) is 0 Å². The van der Waals surface area contributed by atoms with Crippen LogP contribution in [0.1, 0.15) is 39.5 Å². The first-order chi connectivity index (χ1) is 7.93. The van der Waals surface area contributed by atoms with E-state index in [1.54, 1.807) is 0 Å². The predicted octanol–water partition coefficient (Wildman–Crippen LogP) is 0.901. The van der Waals surface area contributed by atoms with Gasteiger partial charge in [-0.25, -0.2) is 0 Å². The molecule has 0 unspecified atom stereocenters. The Kier molecular flexibility index (Phi) is 4.77. The number of amidine groups is 1. The zero-order valence-corrected chi connectivity index (χ0v) is 10.9. The van der Waals surface area contributed by atoms with E-state index in [0.717, 1.165) is 32.4 Å². The number of nitrogens with two attached hydrogens (primary N) is 1. The zero-order valence-electron chi connectivity index (χ0n) is 10.9. The zero-order chi connectivity index (χ0) is 12.9. The molecule has 1 rings (SSSR count). The lowest BCUT2D eigenvalue weighted by Gasteiger charge is -2.25. The van der Waals surface area contributed by atoms with Gasteiger partial charge in [-0.15, -0.1) is 0 Å². The Morgan fingerprint density at radius 1 is 1.47 bits per heavy atom. The van der Waals surface area contributed by atoms with Crippen LogP contribution < -0.4 is 11.1 Å². The molecule has 0 atom stereocenters. The van der Waals surface area contributed by atoms with Gasteiger partial charge in [0, 0.05) is 26.1 Å². The lowest BCUT2D eigenvalue weighted by molar-refractivity contribution is 0.204. The van der Waals surface area contributed by atoms with Gasteiger partial charge < -0.3 is 21.4 Å². The molecule has 0 bridgehead atoms. The van der Waals surface area contributed by atoms with E-state index >= 15 is 0 Å². The molecular formula is C12H25N3O2. The molecule has 0 aromatic heterocycles. The molecule has 1 aliphatic rings. The van der Waals surface area contributed by atoms with Crippen molar-refractivity contribution in [2.24, 2.45) is 21.7 Å². The Morgan fingerprint density at radius 2 is 2.12 bits per heavy atom. The number of nitrogens with zero attached hydrogens (tertiary/aromatic N) is 1. The van der Waals surface area contributed by atoms with Crippen LogP contribution in [-0.2, 0) is 0 Å². The highest BCUT2D eigenvalue weighted by Crippen LogP contribution is 2.48. The molecule has 1 aliphatic carbocycles. The Labute approximate surface area is 103 Å². The third-order valence-corrected chi connectivity index (χ3v) is 3.53. The van der Waals surface area contributed by atoms with Gasteiger partial charge in [0.05, 0.1) is 0 Å². The molecular weight excluding hydrogens is 218 g/mol. The van der Waals surface area contributed by atoms with Crippen molar-refractivity contribution in [3.05, 3.63) is 0 Å². The second-order valence-electron chi connectivity index (χ2n) is 6.01. The minimum Gasteiger partial charge on any atom is -0.409 e. The highest BCUT2D eigenvalue weighted by molar-refractivity contribution is 5.80. The fourth-order valence-electron chi connectivity index (χ4n) is 2.07. The molecule has 1 fully saturated rings. The van der Waals surface area contributed by atoms with E-state index in [4.69, 9.17) is 16.0 Å². The van der Waals surface area contributed by atoms with E-state index < -0.39 is 0 Å². The lowest BCUT2D eigenvalue weighted by Crippen LogP contribution is -2.35. The van der Waals surface area contributed by atoms with Crippen LogP contribution in [-0.4, -0.2) is 35.8 Å². The highest BCUT2D eigenvalue weighted by atomic mass is 16.4. The Balaban J connectivity index is 2.27. The van der Waals surface area contributed by atoms with Gasteiger partial charge in [0.15, 0.2) is 0 Å². The summed E-state index contributed by atoms with van der Waals surface area (Å²) in [5.41, 5.74) is 5.86. The number of rotatable bonds is 8. The average molecular weight is 243 g/mol. The molecule has 5 heteroatoms. The third-order valence-electron chi connectivity index (χ3n) is 3.53. The van der Waals surface area contributed by atoms with E-state index in [1.807, 2.05) is 0 Å². The molecule has 0 radical (unpaired) electrons. The van der Waals surface area contributed by atoms with Gasteiger partial charge >= 0.3 is 0 Å². The molecule has 0 saturated heterocycles. The lowest BCUT2D eigenvalue weighted by atomic mass is 9.89. The van der Waals surface area contributed by atoms with E-state index in [2.05, 4.69) is 24.3 Å². The summed E-state index contributed by atoms with van der Waals surface area (Å²) in [5, 5.41) is 24.0. The predicted molar refractivity (Wildman–Crippen MR) is 68.0 cm³/mol. The molecule has 0 amide bonds. The second kappa shape index (κ2) is 5.69. The van der Waals surface area contributed by atoms with Crippen LogP contribution in [0, 0.1) is 10.8 Å². The minimum absolute atomic E-state index is 0.113. The quantitative estimate of drug-likeness (QED) is 0.221. The summed E-state index contributed by atoms with van der Waals surface area (Å²) in [6.45, 7) is 6.28. The smallest absolute Gasteiger partial charge is 0.139 e. The highest BCUT2D eigenvalue weighted by Gasteiger charge is 2.43. The summed E-state index contributed by atoms with van der Waals surface area (Å²) in [5.74, 6) is 0.318. The molecule has 0 aliphatic heterocycles. The van der Waals surface area contributed by atoms with Gasteiger partial charge in [-0.05, 0) is 30.1 Å². The number of hydrogen-bond donors (Lipinski definition) is 4. The molecule has 0 spiro atoms. The third kappa shape index (κ3) is 4.91. The molecule has 5 nitrogen and oxygen atoms in total. The minimum atomic E-state index is 0.113. The standard InChI is InChI=1S/C12H25N3O2/c1-11(2,5-6-16)8-14-9-12(3-4-12)7-10(13)15-17/h14,16-17H,3-9H2,1-2H3,(H2,13,15). The first-order valence-electron chi connectivity index (χ1n) is 6.21. The van der Waals surface area contributed by atoms with Crippen molar-refractivity contribution in [2.45, 2.75) is 39.5 Å². The largest absolute Gasteiger partial charge is 0.409 e. The first-order valence-corrected chi connectivity index (χ1v) is 6.21. The summed E-state index contributed by atoms with van der Waals surface area (Å²) >= 11 is 0. The van der Waals surface area contributed by atoms with Gasteiger partial charge in [0.1, 0.15) is 5.84 Å². The maximum absolute atomic E-state index is 8.94. The average Bonchev–Trinajstić information content (AvgIpc) is 2.97. The Bertz CT molecular complexity index is 273. The molecule has 17 heavy (non-hydrogen) atoms. The van der Waals surface area contributed by atoms with Crippen molar-refractivity contribution < 1.29 is 10.3 Å². The number of hydrogen-bond acceptors (Lipinski definition) is 4. The fourth-order valence-corrected chi connectivity index (χ4v) is 2.07. The van der Waals surface area contributed by atoms with Crippen molar-refractivity contribution in [1.82, 2.24) is 5.32 Å². The monoisotopic (exact) mass is 243 g/mol. The molecule has 1 saturated carbocycles. The maximum atomic E-state index is 8.94. The molecule has 100 valence electrons. The summed E-state index contributed by atoms with van der Waals surface area (Å²) in [4.78, 5) is 0. The van der Waals surface area contributed by atoms with Gasteiger partial charge in [-0.2, -0.15) is 0 Å². The fraction of sp³-hybridized carbons (Fsp3) is 0.917. The van der Waals surface area contributed by atoms with Crippen molar-refractivity contribution in [1.29, 1.82) is 0 Å². The topological polar surface area (TPSA) is 90.9 Å².